The number of rotatable bonds is 4. The minimum atomic E-state index is 0.190. The Balaban J connectivity index is 2.59. The molecular formula is C11H14ClN3OS. The topological polar surface area (TPSA) is 42.8 Å². The Morgan fingerprint density at radius 2 is 2.41 bits per heavy atom. The Hall–Kier alpha value is -0.910. The van der Waals surface area contributed by atoms with Crippen molar-refractivity contribution in [3.8, 4) is 0 Å². The number of aromatic nitrogens is 3. The number of hydrogen-bond acceptors (Lipinski definition) is 3. The maximum Gasteiger partial charge on any atom is 0.179 e. The largest absolute Gasteiger partial charge is 0.383 e. The summed E-state index contributed by atoms with van der Waals surface area (Å²) < 4.78 is 7.85. The predicted molar refractivity (Wildman–Crippen MR) is 71.1 cm³/mol. The number of fused-ring (bicyclic) bond motifs is 1. The highest BCUT2D eigenvalue weighted by molar-refractivity contribution is 7.71. The lowest BCUT2D eigenvalue weighted by Gasteiger charge is -2.15. The van der Waals surface area contributed by atoms with E-state index in [0.29, 0.717) is 16.4 Å². The molecule has 2 aromatic heterocycles. The zero-order valence-electron chi connectivity index (χ0n) is 9.74. The minimum Gasteiger partial charge on any atom is -0.383 e. The third-order valence-corrected chi connectivity index (χ3v) is 3.22. The minimum absolute atomic E-state index is 0.190. The molecule has 1 atom stereocenters. The molecule has 0 radical (unpaired) electrons. The Kier molecular flexibility index (Phi) is 3.81. The fourth-order valence-corrected chi connectivity index (χ4v) is 2.40. The van der Waals surface area contributed by atoms with Gasteiger partial charge in [0.25, 0.3) is 0 Å². The first kappa shape index (κ1) is 12.5. The number of pyridine rings is 1. The molecule has 1 N–H and O–H groups in total. The molecule has 0 aromatic carbocycles. The van der Waals surface area contributed by atoms with Crippen LogP contribution in [0.1, 0.15) is 19.4 Å². The molecule has 6 heteroatoms. The molecule has 0 spiro atoms. The van der Waals surface area contributed by atoms with Gasteiger partial charge in [0.05, 0.1) is 23.2 Å². The van der Waals surface area contributed by atoms with E-state index < -0.39 is 0 Å². The van der Waals surface area contributed by atoms with Gasteiger partial charge >= 0.3 is 0 Å². The molecule has 0 amide bonds. The second-order valence-corrected chi connectivity index (χ2v) is 4.67. The van der Waals surface area contributed by atoms with Crippen LogP contribution >= 0.6 is 23.8 Å². The van der Waals surface area contributed by atoms with Gasteiger partial charge in [-0.2, -0.15) is 0 Å². The van der Waals surface area contributed by atoms with Crippen molar-refractivity contribution in [3.05, 3.63) is 22.1 Å². The van der Waals surface area contributed by atoms with Crippen LogP contribution < -0.4 is 0 Å². The van der Waals surface area contributed by atoms with Gasteiger partial charge in [0.15, 0.2) is 10.4 Å². The van der Waals surface area contributed by atoms with E-state index in [2.05, 4.69) is 16.9 Å². The van der Waals surface area contributed by atoms with Gasteiger partial charge < -0.3 is 9.72 Å². The third-order valence-electron chi connectivity index (χ3n) is 2.72. The molecule has 17 heavy (non-hydrogen) atoms. The second-order valence-electron chi connectivity index (χ2n) is 3.84. The van der Waals surface area contributed by atoms with Crippen molar-refractivity contribution in [2.45, 2.75) is 19.4 Å². The van der Waals surface area contributed by atoms with E-state index in [1.165, 1.54) is 0 Å². The van der Waals surface area contributed by atoms with Crippen LogP contribution in [0.2, 0.25) is 5.02 Å². The maximum atomic E-state index is 5.90. The van der Waals surface area contributed by atoms with Gasteiger partial charge in [-0.15, -0.1) is 0 Å². The van der Waals surface area contributed by atoms with Crippen molar-refractivity contribution in [2.75, 3.05) is 13.7 Å². The average molecular weight is 272 g/mol. The van der Waals surface area contributed by atoms with E-state index >= 15 is 0 Å². The number of methoxy groups -OCH3 is 1. The van der Waals surface area contributed by atoms with Crippen LogP contribution in [0.3, 0.4) is 0 Å². The first-order valence-corrected chi connectivity index (χ1v) is 6.20. The van der Waals surface area contributed by atoms with Crippen LogP contribution in [-0.2, 0) is 4.74 Å². The highest BCUT2D eigenvalue weighted by atomic mass is 35.5. The van der Waals surface area contributed by atoms with Gasteiger partial charge in [0, 0.05) is 13.3 Å². The van der Waals surface area contributed by atoms with E-state index in [1.54, 1.807) is 13.3 Å². The van der Waals surface area contributed by atoms with Gasteiger partial charge in [-0.25, -0.2) is 4.98 Å². The Morgan fingerprint density at radius 3 is 3.06 bits per heavy atom. The predicted octanol–water partition coefficient (Wildman–Crippen LogP) is 3.34. The Morgan fingerprint density at radius 1 is 1.65 bits per heavy atom. The summed E-state index contributed by atoms with van der Waals surface area (Å²) in [5, 5.41) is 0.598. The summed E-state index contributed by atoms with van der Waals surface area (Å²) in [6, 6.07) is 2.02. The van der Waals surface area contributed by atoms with Gasteiger partial charge in [0.1, 0.15) is 0 Å². The van der Waals surface area contributed by atoms with E-state index in [4.69, 9.17) is 28.6 Å². The summed E-state index contributed by atoms with van der Waals surface area (Å²) in [4.78, 5) is 7.45. The monoisotopic (exact) mass is 271 g/mol. The first-order valence-electron chi connectivity index (χ1n) is 5.42. The number of nitrogens with one attached hydrogen (secondary N) is 1. The molecule has 2 rings (SSSR count). The van der Waals surface area contributed by atoms with Crippen molar-refractivity contribution in [3.63, 3.8) is 0 Å². The number of aromatic amines is 1. The van der Waals surface area contributed by atoms with Crippen LogP contribution in [0.5, 0.6) is 0 Å². The van der Waals surface area contributed by atoms with Gasteiger partial charge in [-0.1, -0.05) is 18.5 Å². The number of ether oxygens (including phenoxy) is 1. The molecule has 2 aromatic rings. The zero-order chi connectivity index (χ0) is 12.4. The van der Waals surface area contributed by atoms with Crippen LogP contribution in [0, 0.1) is 4.77 Å². The summed E-state index contributed by atoms with van der Waals surface area (Å²) in [5.74, 6) is 0. The molecule has 0 saturated heterocycles. The van der Waals surface area contributed by atoms with Crippen molar-refractivity contribution >= 4 is 35.0 Å². The normalized spacial score (nSPS) is 13.1. The molecule has 1 unspecified atom stereocenters. The Labute approximate surface area is 110 Å². The Bertz CT molecular complexity index is 578. The van der Waals surface area contributed by atoms with E-state index in [-0.39, 0.29) is 6.04 Å². The number of halogens is 1. The number of nitrogens with zero attached hydrogens (tertiary/aromatic N) is 2. The average Bonchev–Trinajstić information content (AvgIpc) is 2.61. The van der Waals surface area contributed by atoms with Gasteiger partial charge in [-0.3, -0.25) is 4.57 Å². The van der Waals surface area contributed by atoms with E-state index in [0.717, 1.165) is 17.6 Å². The van der Waals surface area contributed by atoms with Crippen molar-refractivity contribution in [1.82, 2.24) is 14.5 Å². The molecule has 0 aliphatic heterocycles. The van der Waals surface area contributed by atoms with E-state index in [1.807, 2.05) is 10.6 Å². The lowest BCUT2D eigenvalue weighted by atomic mass is 10.2. The molecule has 2 heterocycles. The SMILES string of the molecule is CCC(COC)n1c(=S)[nH]c2cc(Cl)cnc21. The quantitative estimate of drug-likeness (QED) is 0.868. The lowest BCUT2D eigenvalue weighted by molar-refractivity contribution is 0.154. The summed E-state index contributed by atoms with van der Waals surface area (Å²) >= 11 is 11.2. The van der Waals surface area contributed by atoms with Crippen LogP contribution in [0.15, 0.2) is 12.3 Å². The van der Waals surface area contributed by atoms with Crippen LogP contribution in [0.4, 0.5) is 0 Å². The van der Waals surface area contributed by atoms with Gasteiger partial charge in [0.2, 0.25) is 0 Å². The standard InChI is InChI=1S/C11H14ClN3OS/c1-3-8(6-16-2)15-10-9(14-11(15)17)4-7(12)5-13-10/h4-5,8H,3,6H2,1-2H3,(H,14,17). The summed E-state index contributed by atoms with van der Waals surface area (Å²) in [7, 11) is 1.69. The molecule has 0 fully saturated rings. The molecule has 4 nitrogen and oxygen atoms in total. The van der Waals surface area contributed by atoms with Crippen LogP contribution in [0.25, 0.3) is 11.2 Å². The number of imidazole rings is 1. The molecule has 0 saturated carbocycles. The highest BCUT2D eigenvalue weighted by Crippen LogP contribution is 2.22. The first-order chi connectivity index (χ1) is 8.17. The second kappa shape index (κ2) is 5.16. The van der Waals surface area contributed by atoms with Crippen molar-refractivity contribution in [2.24, 2.45) is 0 Å². The number of H-pyrrole nitrogens is 1. The zero-order valence-corrected chi connectivity index (χ0v) is 11.3. The smallest absolute Gasteiger partial charge is 0.179 e. The summed E-state index contributed by atoms with van der Waals surface area (Å²) in [6.45, 7) is 2.71. The van der Waals surface area contributed by atoms with E-state index in [9.17, 15) is 0 Å². The fourth-order valence-electron chi connectivity index (χ4n) is 1.89. The summed E-state index contributed by atoms with van der Waals surface area (Å²) in [6.07, 6.45) is 2.56. The maximum absolute atomic E-state index is 5.90. The van der Waals surface area contributed by atoms with Crippen LogP contribution in [-0.4, -0.2) is 28.3 Å². The van der Waals surface area contributed by atoms with Crippen molar-refractivity contribution < 1.29 is 4.74 Å². The van der Waals surface area contributed by atoms with Gasteiger partial charge in [-0.05, 0) is 24.7 Å². The molecular weight excluding hydrogens is 258 g/mol. The third kappa shape index (κ3) is 2.36. The molecule has 0 aliphatic rings. The summed E-state index contributed by atoms with van der Waals surface area (Å²) in [5.41, 5.74) is 1.68. The molecule has 0 bridgehead atoms. The molecule has 92 valence electrons. The number of hydrogen-bond donors (Lipinski definition) is 1. The fraction of sp³-hybridized carbons (Fsp3) is 0.455. The van der Waals surface area contributed by atoms with Crippen molar-refractivity contribution in [1.29, 1.82) is 0 Å². The molecule has 0 aliphatic carbocycles. The highest BCUT2D eigenvalue weighted by Gasteiger charge is 2.14. The lowest BCUT2D eigenvalue weighted by Crippen LogP contribution is -2.14.